The molecule has 0 saturated carbocycles. The maximum Gasteiger partial charge on any atom is 0.223 e. The molecule has 0 radical (unpaired) electrons. The maximum absolute atomic E-state index is 13.8. The van der Waals surface area contributed by atoms with Crippen molar-refractivity contribution in [2.45, 2.75) is 32.7 Å². The van der Waals surface area contributed by atoms with Crippen LogP contribution in [0.2, 0.25) is 0 Å². The van der Waals surface area contributed by atoms with Gasteiger partial charge in [0.15, 0.2) is 0 Å². The van der Waals surface area contributed by atoms with Crippen LogP contribution in [0.25, 0.3) is 0 Å². The van der Waals surface area contributed by atoms with Crippen LogP contribution in [0.3, 0.4) is 0 Å². The first-order valence-electron chi connectivity index (χ1n) is 8.23. The molecule has 1 aliphatic heterocycles. The van der Waals surface area contributed by atoms with E-state index in [1.165, 1.54) is 6.07 Å². The first-order valence-corrected chi connectivity index (χ1v) is 10.1. The molecule has 0 spiro atoms. The van der Waals surface area contributed by atoms with E-state index in [4.69, 9.17) is 0 Å². The van der Waals surface area contributed by atoms with Crippen LogP contribution in [0.15, 0.2) is 24.3 Å². The molecule has 1 amide bonds. The van der Waals surface area contributed by atoms with Crippen molar-refractivity contribution in [1.82, 2.24) is 9.21 Å². The van der Waals surface area contributed by atoms with Gasteiger partial charge in [-0.15, -0.1) is 0 Å². The minimum Gasteiger partial charge on any atom is -0.342 e. The highest BCUT2D eigenvalue weighted by molar-refractivity contribution is 7.88. The maximum atomic E-state index is 13.8. The molecule has 24 heavy (non-hydrogen) atoms. The van der Waals surface area contributed by atoms with E-state index in [1.807, 2.05) is 0 Å². The summed E-state index contributed by atoms with van der Waals surface area (Å²) < 4.78 is 38.9. The molecule has 2 rings (SSSR count). The topological polar surface area (TPSA) is 57.7 Å². The lowest BCUT2D eigenvalue weighted by atomic mass is 10.00. The second-order valence-corrected chi connectivity index (χ2v) is 8.51. The van der Waals surface area contributed by atoms with Gasteiger partial charge in [0.1, 0.15) is 5.82 Å². The molecular weight excluding hydrogens is 331 g/mol. The number of halogens is 1. The fourth-order valence-electron chi connectivity index (χ4n) is 2.97. The number of benzene rings is 1. The molecule has 1 aromatic carbocycles. The number of nitrogens with zero attached hydrogens (tertiary/aromatic N) is 2. The van der Waals surface area contributed by atoms with Gasteiger partial charge in [-0.05, 0) is 24.8 Å². The number of amides is 1. The van der Waals surface area contributed by atoms with Crippen LogP contribution in [-0.4, -0.2) is 49.4 Å². The van der Waals surface area contributed by atoms with Crippen molar-refractivity contribution in [3.05, 3.63) is 35.6 Å². The average molecular weight is 356 g/mol. The van der Waals surface area contributed by atoms with E-state index in [-0.39, 0.29) is 25.4 Å². The van der Waals surface area contributed by atoms with Gasteiger partial charge in [0, 0.05) is 38.2 Å². The average Bonchev–Trinajstić information content (AvgIpc) is 2.51. The molecule has 1 aliphatic rings. The van der Waals surface area contributed by atoms with Gasteiger partial charge in [-0.25, -0.2) is 12.8 Å². The predicted molar refractivity (Wildman–Crippen MR) is 91.2 cm³/mol. The first-order chi connectivity index (χ1) is 11.3. The Hall–Kier alpha value is -1.47. The molecular formula is C17H25FN2O3S. The Morgan fingerprint density at radius 1 is 1.38 bits per heavy atom. The summed E-state index contributed by atoms with van der Waals surface area (Å²) in [6.45, 7) is 3.58. The zero-order chi connectivity index (χ0) is 17.7. The SMILES string of the molecule is CC1CCCN(C(=O)CCN(Cc2ccccc2F)S(C)(=O)=O)C1. The number of carbonyl (C=O) groups excluding carboxylic acids is 1. The zero-order valence-corrected chi connectivity index (χ0v) is 15.1. The van der Waals surface area contributed by atoms with E-state index in [9.17, 15) is 17.6 Å². The number of sulfonamides is 1. The highest BCUT2D eigenvalue weighted by atomic mass is 32.2. The molecule has 1 heterocycles. The number of likely N-dealkylation sites (tertiary alicyclic amines) is 1. The second-order valence-electron chi connectivity index (χ2n) is 6.53. The fraction of sp³-hybridized carbons (Fsp3) is 0.588. The molecule has 0 bridgehead atoms. The van der Waals surface area contributed by atoms with Crippen LogP contribution in [0.4, 0.5) is 4.39 Å². The summed E-state index contributed by atoms with van der Waals surface area (Å²) in [6, 6.07) is 6.08. The van der Waals surface area contributed by atoms with Crippen molar-refractivity contribution in [2.75, 3.05) is 25.9 Å². The van der Waals surface area contributed by atoms with Crippen LogP contribution in [0, 0.1) is 11.7 Å². The normalized spacial score (nSPS) is 18.8. The predicted octanol–water partition coefficient (Wildman–Crippen LogP) is 2.24. The third-order valence-corrected chi connectivity index (χ3v) is 5.61. The van der Waals surface area contributed by atoms with Crippen molar-refractivity contribution in [1.29, 1.82) is 0 Å². The monoisotopic (exact) mass is 356 g/mol. The summed E-state index contributed by atoms with van der Waals surface area (Å²) in [4.78, 5) is 14.1. The standard InChI is InChI=1S/C17H25FN2O3S/c1-14-6-5-10-19(12-14)17(21)9-11-20(24(2,22)23)13-15-7-3-4-8-16(15)18/h3-4,7-8,14H,5-6,9-13H2,1-2H3. The molecule has 7 heteroatoms. The molecule has 1 fully saturated rings. The number of hydrogen-bond acceptors (Lipinski definition) is 3. The molecule has 0 aliphatic carbocycles. The van der Waals surface area contributed by atoms with Crippen LogP contribution in [0.5, 0.6) is 0 Å². The van der Waals surface area contributed by atoms with Gasteiger partial charge in [0.2, 0.25) is 15.9 Å². The lowest BCUT2D eigenvalue weighted by molar-refractivity contribution is -0.133. The van der Waals surface area contributed by atoms with Gasteiger partial charge in [0.05, 0.1) is 6.26 Å². The van der Waals surface area contributed by atoms with Crippen LogP contribution in [-0.2, 0) is 21.4 Å². The Balaban J connectivity index is 1.99. The second kappa shape index (κ2) is 8.07. The van der Waals surface area contributed by atoms with Gasteiger partial charge in [-0.2, -0.15) is 4.31 Å². The Labute approximate surface area is 143 Å². The van der Waals surface area contributed by atoms with Gasteiger partial charge < -0.3 is 4.90 Å². The first kappa shape index (κ1) is 18.9. The summed E-state index contributed by atoms with van der Waals surface area (Å²) in [5, 5.41) is 0. The van der Waals surface area contributed by atoms with E-state index >= 15 is 0 Å². The summed E-state index contributed by atoms with van der Waals surface area (Å²) >= 11 is 0. The van der Waals surface area contributed by atoms with Crippen molar-refractivity contribution in [3.63, 3.8) is 0 Å². The van der Waals surface area contributed by atoms with Crippen LogP contribution in [0.1, 0.15) is 31.7 Å². The fourth-order valence-corrected chi connectivity index (χ4v) is 3.77. The Bertz CT molecular complexity index is 678. The summed E-state index contributed by atoms with van der Waals surface area (Å²) in [6.07, 6.45) is 3.31. The van der Waals surface area contributed by atoms with E-state index < -0.39 is 15.8 Å². The smallest absolute Gasteiger partial charge is 0.223 e. The number of piperidine rings is 1. The summed E-state index contributed by atoms with van der Waals surface area (Å²) in [5.41, 5.74) is 0.307. The summed E-state index contributed by atoms with van der Waals surface area (Å²) in [5.74, 6) is -0.00168. The lowest BCUT2D eigenvalue weighted by Crippen LogP contribution is -2.41. The molecule has 0 aromatic heterocycles. The summed E-state index contributed by atoms with van der Waals surface area (Å²) in [7, 11) is -3.52. The van der Waals surface area contributed by atoms with E-state index in [2.05, 4.69) is 6.92 Å². The Morgan fingerprint density at radius 3 is 2.71 bits per heavy atom. The van der Waals surface area contributed by atoms with Crippen LogP contribution < -0.4 is 0 Å². The minimum atomic E-state index is -3.52. The van der Waals surface area contributed by atoms with Gasteiger partial charge in [-0.3, -0.25) is 4.79 Å². The lowest BCUT2D eigenvalue weighted by Gasteiger charge is -2.31. The third kappa shape index (κ3) is 5.27. The zero-order valence-electron chi connectivity index (χ0n) is 14.2. The van der Waals surface area contributed by atoms with Crippen molar-refractivity contribution >= 4 is 15.9 Å². The molecule has 5 nitrogen and oxygen atoms in total. The molecule has 1 atom stereocenters. The highest BCUT2D eigenvalue weighted by Crippen LogP contribution is 2.17. The molecule has 1 saturated heterocycles. The molecule has 134 valence electrons. The third-order valence-electron chi connectivity index (χ3n) is 4.36. The minimum absolute atomic E-state index is 0.0382. The van der Waals surface area contributed by atoms with E-state index in [1.54, 1.807) is 23.1 Å². The number of hydrogen-bond donors (Lipinski definition) is 0. The van der Waals surface area contributed by atoms with Crippen molar-refractivity contribution in [3.8, 4) is 0 Å². The number of rotatable bonds is 6. The van der Waals surface area contributed by atoms with Gasteiger partial charge in [-0.1, -0.05) is 25.1 Å². The van der Waals surface area contributed by atoms with Crippen LogP contribution >= 0.6 is 0 Å². The van der Waals surface area contributed by atoms with Gasteiger partial charge in [0.25, 0.3) is 0 Å². The largest absolute Gasteiger partial charge is 0.342 e. The Morgan fingerprint density at radius 2 is 2.08 bits per heavy atom. The molecule has 1 aromatic rings. The Kier molecular flexibility index (Phi) is 6.34. The van der Waals surface area contributed by atoms with E-state index in [0.717, 1.165) is 36.5 Å². The quantitative estimate of drug-likeness (QED) is 0.785. The highest BCUT2D eigenvalue weighted by Gasteiger charge is 2.24. The van der Waals surface area contributed by atoms with Crippen molar-refractivity contribution in [2.24, 2.45) is 5.92 Å². The molecule has 0 N–H and O–H groups in total. The molecule has 1 unspecified atom stereocenters. The van der Waals surface area contributed by atoms with Gasteiger partial charge >= 0.3 is 0 Å². The number of carbonyl (C=O) groups is 1. The van der Waals surface area contributed by atoms with Crippen molar-refractivity contribution < 1.29 is 17.6 Å². The van der Waals surface area contributed by atoms with E-state index in [0.29, 0.717) is 11.5 Å².